The van der Waals surface area contributed by atoms with Gasteiger partial charge in [0.25, 0.3) is 0 Å². The first kappa shape index (κ1) is 15.8. The monoisotopic (exact) mass is 319 g/mol. The summed E-state index contributed by atoms with van der Waals surface area (Å²) >= 11 is 1.82. The van der Waals surface area contributed by atoms with Crippen molar-refractivity contribution in [3.05, 3.63) is 13.2 Å². The second-order valence-corrected chi connectivity index (χ2v) is 4.26. The van der Waals surface area contributed by atoms with Crippen LogP contribution in [0.1, 0.15) is 32.1 Å². The fraction of sp³-hybridized carbons (Fsp3) is 0.909. The van der Waals surface area contributed by atoms with Crippen LogP contribution in [0.15, 0.2) is 0 Å². The molecule has 2 N–H and O–H groups in total. The van der Waals surface area contributed by atoms with Crippen molar-refractivity contribution in [1.82, 2.24) is 5.32 Å². The molecule has 1 heterocycles. The minimum absolute atomic E-state index is 0. The largest absolute Gasteiger partial charge is 0.677 e. The van der Waals surface area contributed by atoms with Gasteiger partial charge in [-0.1, -0.05) is 19.3 Å². The van der Waals surface area contributed by atoms with Gasteiger partial charge in [0.1, 0.15) is 0 Å². The van der Waals surface area contributed by atoms with E-state index in [0.29, 0.717) is 6.54 Å². The fourth-order valence-electron chi connectivity index (χ4n) is 2.93. The van der Waals surface area contributed by atoms with Gasteiger partial charge in [-0.15, -0.1) is 0 Å². The van der Waals surface area contributed by atoms with E-state index in [2.05, 4.69) is 15.0 Å². The molecule has 3 unspecified atom stereocenters. The van der Waals surface area contributed by atoms with Crippen LogP contribution in [0.4, 0.5) is 0 Å². The Hall–Kier alpha value is 0.833. The Labute approximate surface area is 108 Å². The third-order valence-corrected chi connectivity index (χ3v) is 3.58. The summed E-state index contributed by atoms with van der Waals surface area (Å²) < 4.78 is 0. The van der Waals surface area contributed by atoms with E-state index in [0.717, 1.165) is 24.3 Å². The van der Waals surface area contributed by atoms with Gasteiger partial charge in [0.05, 0.1) is 0 Å². The summed E-state index contributed by atoms with van der Waals surface area (Å²) in [6, 6.07) is 0.815. The van der Waals surface area contributed by atoms with E-state index in [1.54, 1.807) is 0 Å². The quantitative estimate of drug-likeness (QED) is 0.615. The molecule has 2 fully saturated rings. The number of fused-ring (bicyclic) bond motifs is 1. The number of nitrogens with one attached hydrogen (secondary N) is 2. The maximum Gasteiger partial charge on any atom is 0.00985 e. The normalized spacial score (nSPS) is 33.3. The number of hydrogen-bond donors (Lipinski definition) is 1. The molecule has 0 bridgehead atoms. The summed E-state index contributed by atoms with van der Waals surface area (Å²) in [7, 11) is 4.57. The van der Waals surface area contributed by atoms with Crippen LogP contribution >= 0.6 is 9.69 Å². The smallest absolute Gasteiger partial charge is 0.00985 e. The van der Waals surface area contributed by atoms with Crippen molar-refractivity contribution in [2.75, 3.05) is 13.1 Å². The topological polar surface area (TPSA) is 35.8 Å². The van der Waals surface area contributed by atoms with Gasteiger partial charge in [-0.25, -0.2) is 0 Å². The first-order valence-corrected chi connectivity index (χ1v) is 7.67. The van der Waals surface area contributed by atoms with E-state index in [1.165, 1.54) is 32.2 Å². The molecule has 3 atom stereocenters. The molecule has 2 aliphatic rings. The maximum absolute atomic E-state index is 7.25. The van der Waals surface area contributed by atoms with Crippen LogP contribution in [0, 0.1) is 19.3 Å². The van der Waals surface area contributed by atoms with Crippen molar-refractivity contribution < 1.29 is 17.3 Å². The van der Waals surface area contributed by atoms with Crippen LogP contribution in [0.5, 0.6) is 0 Å². The average Bonchev–Trinajstić information content (AvgIpc) is 2.66. The Kier molecular flexibility index (Phi) is 9.42. The molecule has 1 saturated carbocycles. The number of halogens is 1. The van der Waals surface area contributed by atoms with Crippen LogP contribution in [0.25, 0.3) is 5.73 Å². The Morgan fingerprint density at radius 2 is 1.93 bits per heavy atom. The molecule has 0 amide bonds. The van der Waals surface area contributed by atoms with Crippen LogP contribution in [-0.2, 0) is 17.3 Å². The van der Waals surface area contributed by atoms with Gasteiger partial charge in [0.15, 0.2) is 0 Å². The molecule has 0 aromatic rings. The molecular weight excluding hydrogens is 297 g/mol. The van der Waals surface area contributed by atoms with E-state index >= 15 is 0 Å². The van der Waals surface area contributed by atoms with E-state index in [9.17, 15) is 0 Å². The maximum atomic E-state index is 7.25. The molecule has 0 spiro atoms. The molecule has 4 heteroatoms. The number of rotatable bonds is 2. The summed E-state index contributed by atoms with van der Waals surface area (Å²) in [5.41, 5.74) is 7.25. The van der Waals surface area contributed by atoms with Crippen LogP contribution < -0.4 is 5.32 Å². The van der Waals surface area contributed by atoms with E-state index in [-0.39, 0.29) is 7.43 Å². The van der Waals surface area contributed by atoms with Crippen molar-refractivity contribution in [1.29, 1.82) is 0 Å². The van der Waals surface area contributed by atoms with E-state index in [1.807, 2.05) is 17.3 Å². The van der Waals surface area contributed by atoms with Gasteiger partial charge in [-0.2, -0.15) is 6.54 Å². The molecular formula is C11H22ClN2Ru. The molecule has 91 valence electrons. The third kappa shape index (κ3) is 4.30. The molecule has 1 aliphatic heterocycles. The van der Waals surface area contributed by atoms with E-state index < -0.39 is 0 Å². The molecule has 2 rings (SSSR count). The zero-order chi connectivity index (χ0) is 10.4. The summed E-state index contributed by atoms with van der Waals surface area (Å²) in [5.74, 6) is 1.75. The Bertz CT molecular complexity index is 158. The minimum Gasteiger partial charge on any atom is -0.677 e. The minimum atomic E-state index is 0. The fourth-order valence-corrected chi connectivity index (χ4v) is 2.93. The molecule has 0 radical (unpaired) electrons. The van der Waals surface area contributed by atoms with Crippen LogP contribution in [-0.4, -0.2) is 19.1 Å². The Morgan fingerprint density at radius 3 is 2.60 bits per heavy atom. The summed E-state index contributed by atoms with van der Waals surface area (Å²) in [6.07, 6.45) is 6.77. The predicted molar refractivity (Wildman–Crippen MR) is 63.3 cm³/mol. The first-order chi connectivity index (χ1) is 6.92. The van der Waals surface area contributed by atoms with Gasteiger partial charge in [0, 0.05) is 6.04 Å². The molecule has 0 aromatic heterocycles. The van der Waals surface area contributed by atoms with Crippen molar-refractivity contribution in [2.45, 2.75) is 38.1 Å². The molecule has 15 heavy (non-hydrogen) atoms. The predicted octanol–water partition coefficient (Wildman–Crippen LogP) is 3.34. The second-order valence-electron chi connectivity index (χ2n) is 4.26. The standard InChI is InChI=1S/C10H19N2.CH3.ClH.Ru/c11-6-5-8-7-12-10-4-2-1-3-9(8)10;;;/h8-12H,1-7H2;1H3;1H;/q2*-1;;+3/p-1. The summed E-state index contributed by atoms with van der Waals surface area (Å²) in [6.45, 7) is 1.81. The molecule has 0 aromatic carbocycles. The second kappa shape index (κ2) is 8.93. The van der Waals surface area contributed by atoms with Crippen LogP contribution in [0.3, 0.4) is 0 Å². The summed E-state index contributed by atoms with van der Waals surface area (Å²) in [4.78, 5) is 0. The van der Waals surface area contributed by atoms with Crippen LogP contribution in [0.2, 0.25) is 0 Å². The van der Waals surface area contributed by atoms with Crippen molar-refractivity contribution >= 4 is 9.69 Å². The van der Waals surface area contributed by atoms with Gasteiger partial charge >= 0.3 is 27.0 Å². The summed E-state index contributed by atoms with van der Waals surface area (Å²) in [5, 5.41) is 3.61. The first-order valence-electron chi connectivity index (χ1n) is 5.43. The SMILES string of the molecule is [CH3-].[Cl][Ru+2].[NH-]CCC1CNC2CCCCC12. The van der Waals surface area contributed by atoms with Crippen molar-refractivity contribution in [2.24, 2.45) is 11.8 Å². The van der Waals surface area contributed by atoms with E-state index in [4.69, 9.17) is 5.73 Å². The molecule has 1 saturated heterocycles. The van der Waals surface area contributed by atoms with Gasteiger partial charge < -0.3 is 18.5 Å². The average molecular weight is 319 g/mol. The Morgan fingerprint density at radius 1 is 1.27 bits per heavy atom. The zero-order valence-electron chi connectivity index (χ0n) is 9.41. The van der Waals surface area contributed by atoms with Gasteiger partial charge in [0.2, 0.25) is 0 Å². The van der Waals surface area contributed by atoms with Crippen molar-refractivity contribution in [3.63, 3.8) is 0 Å². The number of hydrogen-bond acceptors (Lipinski definition) is 1. The zero-order valence-corrected chi connectivity index (χ0v) is 11.9. The Balaban J connectivity index is 0.000000617. The third-order valence-electron chi connectivity index (χ3n) is 3.58. The van der Waals surface area contributed by atoms with Crippen molar-refractivity contribution in [3.8, 4) is 0 Å². The molecule has 1 aliphatic carbocycles. The van der Waals surface area contributed by atoms with Gasteiger partial charge in [-0.3, -0.25) is 0 Å². The molecule has 2 nitrogen and oxygen atoms in total. The van der Waals surface area contributed by atoms with Gasteiger partial charge in [-0.05, 0) is 31.2 Å².